The van der Waals surface area contributed by atoms with Crippen LogP contribution in [0.5, 0.6) is 0 Å². The van der Waals surface area contributed by atoms with E-state index in [9.17, 15) is 21.6 Å². The van der Waals surface area contributed by atoms with Crippen LogP contribution >= 0.6 is 0 Å². The van der Waals surface area contributed by atoms with E-state index in [1.54, 1.807) is 26.0 Å². The van der Waals surface area contributed by atoms with E-state index >= 15 is 0 Å². The van der Waals surface area contributed by atoms with Crippen LogP contribution in [0, 0.1) is 5.92 Å². The molecule has 1 N–H and O–H groups in total. The number of hydrogen-bond acceptors (Lipinski definition) is 5. The zero-order chi connectivity index (χ0) is 16.5. The molecule has 8 heteroatoms. The van der Waals surface area contributed by atoms with Gasteiger partial charge in [-0.2, -0.15) is 0 Å². The van der Waals surface area contributed by atoms with Crippen LogP contribution in [0.4, 0.5) is 5.69 Å². The van der Waals surface area contributed by atoms with Crippen molar-refractivity contribution in [1.82, 2.24) is 0 Å². The van der Waals surface area contributed by atoms with Crippen molar-refractivity contribution in [1.29, 1.82) is 0 Å². The van der Waals surface area contributed by atoms with E-state index in [0.717, 1.165) is 0 Å². The van der Waals surface area contributed by atoms with Crippen molar-refractivity contribution in [3.05, 3.63) is 24.3 Å². The standard InChI is InChI=1S/C14H19NO5S2/c1-10(2)22(19,20)13-6-4-3-5-12(13)15-14(16)11-7-8-21(17,18)9-11/h3-6,10-11H,7-9H2,1-2H3,(H,15,16)/t11-/m0/s1. The molecule has 0 spiro atoms. The van der Waals surface area contributed by atoms with Gasteiger partial charge in [-0.3, -0.25) is 4.79 Å². The third kappa shape index (κ3) is 3.49. The summed E-state index contributed by atoms with van der Waals surface area (Å²) in [5.74, 6) is -1.26. The van der Waals surface area contributed by atoms with Gasteiger partial charge in [-0.1, -0.05) is 12.1 Å². The highest BCUT2D eigenvalue weighted by Gasteiger charge is 2.33. The highest BCUT2D eigenvalue weighted by molar-refractivity contribution is 7.92. The van der Waals surface area contributed by atoms with Crippen molar-refractivity contribution in [2.75, 3.05) is 16.8 Å². The first-order valence-electron chi connectivity index (χ1n) is 6.98. The molecule has 0 saturated carbocycles. The minimum atomic E-state index is -3.53. The second kappa shape index (κ2) is 6.00. The highest BCUT2D eigenvalue weighted by atomic mass is 32.2. The van der Waals surface area contributed by atoms with Gasteiger partial charge in [-0.25, -0.2) is 16.8 Å². The van der Waals surface area contributed by atoms with E-state index < -0.39 is 36.7 Å². The average molecular weight is 345 g/mol. The number of rotatable bonds is 4. The number of para-hydroxylation sites is 1. The molecule has 22 heavy (non-hydrogen) atoms. The summed E-state index contributed by atoms with van der Waals surface area (Å²) < 4.78 is 47.5. The molecule has 1 atom stereocenters. The van der Waals surface area contributed by atoms with Gasteiger partial charge in [0.05, 0.1) is 33.3 Å². The van der Waals surface area contributed by atoms with E-state index in [1.165, 1.54) is 12.1 Å². The third-order valence-corrected chi connectivity index (χ3v) is 7.65. The Balaban J connectivity index is 2.26. The van der Waals surface area contributed by atoms with Gasteiger partial charge in [0.15, 0.2) is 19.7 Å². The SMILES string of the molecule is CC(C)S(=O)(=O)c1ccccc1NC(=O)[C@H]1CCS(=O)(=O)C1. The lowest BCUT2D eigenvalue weighted by Crippen LogP contribution is -2.25. The molecule has 1 aliphatic rings. The molecule has 0 aliphatic carbocycles. The smallest absolute Gasteiger partial charge is 0.228 e. The van der Waals surface area contributed by atoms with Crippen molar-refractivity contribution in [2.45, 2.75) is 30.4 Å². The lowest BCUT2D eigenvalue weighted by molar-refractivity contribution is -0.119. The molecule has 1 amide bonds. The van der Waals surface area contributed by atoms with Crippen molar-refractivity contribution in [2.24, 2.45) is 5.92 Å². The molecule has 0 unspecified atom stereocenters. The summed E-state index contributed by atoms with van der Waals surface area (Å²) in [6.45, 7) is 3.13. The summed E-state index contributed by atoms with van der Waals surface area (Å²) in [5, 5.41) is 1.96. The number of sulfone groups is 2. The molecule has 1 fully saturated rings. The summed E-state index contributed by atoms with van der Waals surface area (Å²) in [4.78, 5) is 12.2. The molecular formula is C14H19NO5S2. The minimum Gasteiger partial charge on any atom is -0.325 e. The lowest BCUT2D eigenvalue weighted by Gasteiger charge is -2.15. The molecule has 0 bridgehead atoms. The Labute approximate surface area is 130 Å². The second-order valence-electron chi connectivity index (χ2n) is 5.68. The fraction of sp³-hybridized carbons (Fsp3) is 0.500. The lowest BCUT2D eigenvalue weighted by atomic mass is 10.1. The van der Waals surface area contributed by atoms with Crippen molar-refractivity contribution >= 4 is 31.3 Å². The minimum absolute atomic E-state index is 0.00295. The zero-order valence-electron chi connectivity index (χ0n) is 12.4. The Morgan fingerprint density at radius 2 is 1.91 bits per heavy atom. The maximum atomic E-state index is 12.3. The van der Waals surface area contributed by atoms with Gasteiger partial charge >= 0.3 is 0 Å². The maximum Gasteiger partial charge on any atom is 0.228 e. The largest absolute Gasteiger partial charge is 0.325 e. The molecule has 1 heterocycles. The number of benzene rings is 1. The molecule has 2 rings (SSSR count). The molecule has 1 aliphatic heterocycles. The monoisotopic (exact) mass is 345 g/mol. The van der Waals surface area contributed by atoms with Crippen LogP contribution in [0.3, 0.4) is 0 Å². The normalized spacial score (nSPS) is 21.0. The van der Waals surface area contributed by atoms with Crippen LogP contribution in [0.1, 0.15) is 20.3 Å². The zero-order valence-corrected chi connectivity index (χ0v) is 14.1. The van der Waals surface area contributed by atoms with Crippen LogP contribution in [-0.4, -0.2) is 39.5 Å². The third-order valence-electron chi connectivity index (χ3n) is 3.68. The fourth-order valence-corrected chi connectivity index (χ4v) is 5.25. The number of amides is 1. The summed E-state index contributed by atoms with van der Waals surface area (Å²) in [7, 11) is -6.70. The summed E-state index contributed by atoms with van der Waals surface area (Å²) in [6.07, 6.45) is 0.271. The quantitative estimate of drug-likeness (QED) is 0.885. The Bertz CT molecular complexity index is 781. The van der Waals surface area contributed by atoms with E-state index in [0.29, 0.717) is 0 Å². The maximum absolute atomic E-state index is 12.3. The Morgan fingerprint density at radius 1 is 1.27 bits per heavy atom. The molecule has 1 saturated heterocycles. The van der Waals surface area contributed by atoms with Crippen molar-refractivity contribution < 1.29 is 21.6 Å². The van der Waals surface area contributed by atoms with Crippen LogP contribution in [-0.2, 0) is 24.5 Å². The van der Waals surface area contributed by atoms with Gasteiger partial charge in [-0.05, 0) is 32.4 Å². The van der Waals surface area contributed by atoms with E-state index in [-0.39, 0.29) is 28.5 Å². The molecule has 122 valence electrons. The first kappa shape index (κ1) is 17.0. The molecule has 0 radical (unpaired) electrons. The van der Waals surface area contributed by atoms with Crippen molar-refractivity contribution in [3.63, 3.8) is 0 Å². The summed E-state index contributed by atoms with van der Waals surface area (Å²) >= 11 is 0. The molecular weight excluding hydrogens is 326 g/mol. The number of carbonyl (C=O) groups is 1. The fourth-order valence-electron chi connectivity index (χ4n) is 2.31. The molecule has 1 aromatic carbocycles. The topological polar surface area (TPSA) is 97.4 Å². The van der Waals surface area contributed by atoms with E-state index in [1.807, 2.05) is 0 Å². The molecule has 6 nitrogen and oxygen atoms in total. The van der Waals surface area contributed by atoms with Crippen LogP contribution in [0.15, 0.2) is 29.2 Å². The van der Waals surface area contributed by atoms with Gasteiger partial charge in [0, 0.05) is 0 Å². The first-order valence-corrected chi connectivity index (χ1v) is 10.3. The van der Waals surface area contributed by atoms with Gasteiger partial charge in [0.1, 0.15) is 0 Å². The Kier molecular flexibility index (Phi) is 4.62. The average Bonchev–Trinajstić information content (AvgIpc) is 2.79. The van der Waals surface area contributed by atoms with Gasteiger partial charge in [0.2, 0.25) is 5.91 Å². The van der Waals surface area contributed by atoms with E-state index in [4.69, 9.17) is 0 Å². The first-order chi connectivity index (χ1) is 10.1. The van der Waals surface area contributed by atoms with Crippen LogP contribution in [0.25, 0.3) is 0 Å². The summed E-state index contributed by atoms with van der Waals surface area (Å²) in [5.41, 5.74) is 0.200. The van der Waals surface area contributed by atoms with Crippen molar-refractivity contribution in [3.8, 4) is 0 Å². The number of carbonyl (C=O) groups excluding carboxylic acids is 1. The van der Waals surface area contributed by atoms with Gasteiger partial charge in [-0.15, -0.1) is 0 Å². The van der Waals surface area contributed by atoms with Gasteiger partial charge in [0.25, 0.3) is 0 Å². The Hall–Kier alpha value is -1.41. The summed E-state index contributed by atoms with van der Waals surface area (Å²) in [6, 6.07) is 6.16. The van der Waals surface area contributed by atoms with Crippen LogP contribution in [0.2, 0.25) is 0 Å². The Morgan fingerprint density at radius 3 is 2.45 bits per heavy atom. The number of nitrogens with one attached hydrogen (secondary N) is 1. The molecule has 0 aromatic heterocycles. The number of hydrogen-bond donors (Lipinski definition) is 1. The van der Waals surface area contributed by atoms with Gasteiger partial charge < -0.3 is 5.32 Å². The van der Waals surface area contributed by atoms with E-state index in [2.05, 4.69) is 5.32 Å². The highest BCUT2D eigenvalue weighted by Crippen LogP contribution is 2.26. The molecule has 1 aromatic rings. The predicted octanol–water partition coefficient (Wildman–Crippen LogP) is 1.24. The predicted molar refractivity (Wildman–Crippen MR) is 84.2 cm³/mol. The second-order valence-corrected chi connectivity index (χ2v) is 10.4. The van der Waals surface area contributed by atoms with Crippen LogP contribution < -0.4 is 5.32 Å². The number of anilines is 1.